The summed E-state index contributed by atoms with van der Waals surface area (Å²) in [6.07, 6.45) is 0. The van der Waals surface area contributed by atoms with Crippen molar-refractivity contribution in [2.45, 2.75) is 6.92 Å². The first-order valence-corrected chi connectivity index (χ1v) is 6.79. The van der Waals surface area contributed by atoms with E-state index < -0.39 is 0 Å². The van der Waals surface area contributed by atoms with Crippen molar-refractivity contribution in [2.75, 3.05) is 0 Å². The van der Waals surface area contributed by atoms with Gasteiger partial charge in [-0.25, -0.2) is 0 Å². The Morgan fingerprint density at radius 3 is 2.33 bits per heavy atom. The van der Waals surface area contributed by atoms with Crippen LogP contribution in [0.4, 0.5) is 0 Å². The third-order valence-corrected chi connectivity index (χ3v) is 3.74. The van der Waals surface area contributed by atoms with Gasteiger partial charge < -0.3 is 0 Å². The lowest BCUT2D eigenvalue weighted by molar-refractivity contribution is 1.52. The number of hydrogen-bond acceptors (Lipinski definition) is 0. The summed E-state index contributed by atoms with van der Waals surface area (Å²) in [5, 5.41) is 2.64. The molecule has 0 aliphatic rings. The summed E-state index contributed by atoms with van der Waals surface area (Å²) < 4.78 is 1.12. The number of aryl methyl sites for hydroxylation is 1. The average Bonchev–Trinajstić information content (AvgIpc) is 2.38. The zero-order valence-corrected chi connectivity index (χ0v) is 11.7. The summed E-state index contributed by atoms with van der Waals surface area (Å²) in [5.74, 6) is 0. The molecule has 0 atom stereocenters. The van der Waals surface area contributed by atoms with Crippen LogP contribution in [0.1, 0.15) is 5.56 Å². The first-order chi connectivity index (χ1) is 8.75. The number of halogens is 1. The second-order valence-corrected chi connectivity index (χ2v) is 5.40. The fraction of sp³-hybridized carbons (Fsp3) is 0.0588. The lowest BCUT2D eigenvalue weighted by Crippen LogP contribution is -1.84. The Bertz CT molecular complexity index is 708. The zero-order chi connectivity index (χ0) is 12.5. The van der Waals surface area contributed by atoms with Crippen LogP contribution in [0, 0.1) is 6.92 Å². The minimum atomic E-state index is 1.12. The molecule has 0 saturated heterocycles. The zero-order valence-electron chi connectivity index (χ0n) is 10.2. The van der Waals surface area contributed by atoms with Gasteiger partial charge in [0, 0.05) is 4.47 Å². The highest BCUT2D eigenvalue weighted by Crippen LogP contribution is 2.32. The van der Waals surface area contributed by atoms with Crippen molar-refractivity contribution in [1.82, 2.24) is 0 Å². The van der Waals surface area contributed by atoms with Crippen LogP contribution in [-0.4, -0.2) is 0 Å². The molecule has 88 valence electrons. The molecule has 0 unspecified atom stereocenters. The molecule has 3 aromatic carbocycles. The Balaban J connectivity index is 2.36. The summed E-state index contributed by atoms with van der Waals surface area (Å²) in [4.78, 5) is 0. The molecule has 0 spiro atoms. The van der Waals surface area contributed by atoms with Crippen LogP contribution in [0.15, 0.2) is 65.1 Å². The van der Waals surface area contributed by atoms with Crippen molar-refractivity contribution in [2.24, 2.45) is 0 Å². The van der Waals surface area contributed by atoms with Gasteiger partial charge in [0.15, 0.2) is 0 Å². The van der Waals surface area contributed by atoms with Gasteiger partial charge in [0.2, 0.25) is 0 Å². The van der Waals surface area contributed by atoms with E-state index in [9.17, 15) is 0 Å². The van der Waals surface area contributed by atoms with Gasteiger partial charge in [-0.1, -0.05) is 64.5 Å². The van der Waals surface area contributed by atoms with Crippen LogP contribution in [-0.2, 0) is 0 Å². The van der Waals surface area contributed by atoms with Gasteiger partial charge >= 0.3 is 0 Å². The maximum atomic E-state index is 3.54. The molecule has 3 rings (SSSR count). The molecule has 0 saturated carbocycles. The van der Waals surface area contributed by atoms with E-state index in [1.54, 1.807) is 0 Å². The van der Waals surface area contributed by atoms with E-state index in [2.05, 4.69) is 83.5 Å². The van der Waals surface area contributed by atoms with Crippen LogP contribution in [0.25, 0.3) is 21.9 Å². The quantitative estimate of drug-likeness (QED) is 0.550. The molecular weight excluding hydrogens is 284 g/mol. The highest BCUT2D eigenvalue weighted by molar-refractivity contribution is 9.10. The maximum Gasteiger partial charge on any atom is 0.0181 e. The maximum absolute atomic E-state index is 3.54. The lowest BCUT2D eigenvalue weighted by Gasteiger charge is -2.09. The molecule has 0 N–H and O–H groups in total. The van der Waals surface area contributed by atoms with E-state index in [-0.39, 0.29) is 0 Å². The Labute approximate surface area is 115 Å². The second-order valence-electron chi connectivity index (χ2n) is 4.49. The minimum Gasteiger partial charge on any atom is -0.0614 e. The van der Waals surface area contributed by atoms with Crippen LogP contribution in [0.3, 0.4) is 0 Å². The van der Waals surface area contributed by atoms with Gasteiger partial charge in [-0.2, -0.15) is 0 Å². The van der Waals surface area contributed by atoms with E-state index in [4.69, 9.17) is 0 Å². The van der Waals surface area contributed by atoms with E-state index in [1.165, 1.54) is 27.5 Å². The summed E-state index contributed by atoms with van der Waals surface area (Å²) >= 11 is 3.54. The van der Waals surface area contributed by atoms with Gasteiger partial charge in [-0.15, -0.1) is 0 Å². The Hall–Kier alpha value is -1.60. The molecule has 0 radical (unpaired) electrons. The van der Waals surface area contributed by atoms with Crippen LogP contribution < -0.4 is 0 Å². The fourth-order valence-electron chi connectivity index (χ4n) is 2.43. The van der Waals surface area contributed by atoms with Crippen molar-refractivity contribution in [1.29, 1.82) is 0 Å². The molecule has 0 amide bonds. The van der Waals surface area contributed by atoms with Crippen LogP contribution in [0.2, 0.25) is 0 Å². The number of benzene rings is 3. The standard InChI is InChI=1S/C17H13Br/c1-12-5-2-6-13-7-4-10-16(17(12)13)14-8-3-9-15(18)11-14/h2-11H,1H3. The van der Waals surface area contributed by atoms with Crippen molar-refractivity contribution < 1.29 is 0 Å². The molecule has 1 heteroatoms. The number of fused-ring (bicyclic) bond motifs is 1. The first-order valence-electron chi connectivity index (χ1n) is 6.00. The van der Waals surface area contributed by atoms with Crippen molar-refractivity contribution in [3.8, 4) is 11.1 Å². The average molecular weight is 297 g/mol. The second kappa shape index (κ2) is 4.58. The van der Waals surface area contributed by atoms with E-state index in [0.29, 0.717) is 0 Å². The monoisotopic (exact) mass is 296 g/mol. The summed E-state index contributed by atoms with van der Waals surface area (Å²) in [7, 11) is 0. The fourth-order valence-corrected chi connectivity index (χ4v) is 2.82. The van der Waals surface area contributed by atoms with Gasteiger partial charge in [-0.05, 0) is 46.5 Å². The van der Waals surface area contributed by atoms with Gasteiger partial charge in [0.1, 0.15) is 0 Å². The minimum absolute atomic E-state index is 1.12. The SMILES string of the molecule is Cc1cccc2cccc(-c3cccc(Br)c3)c12. The molecule has 0 fully saturated rings. The summed E-state index contributed by atoms with van der Waals surface area (Å²) in [5.41, 5.74) is 3.87. The molecule has 0 heterocycles. The summed E-state index contributed by atoms with van der Waals surface area (Å²) in [6, 6.07) is 21.4. The molecule has 0 nitrogen and oxygen atoms in total. The normalized spacial score (nSPS) is 10.8. The highest BCUT2D eigenvalue weighted by Gasteiger charge is 2.05. The van der Waals surface area contributed by atoms with Gasteiger partial charge in [-0.3, -0.25) is 0 Å². The van der Waals surface area contributed by atoms with Crippen LogP contribution >= 0.6 is 15.9 Å². The van der Waals surface area contributed by atoms with E-state index in [1.807, 2.05) is 0 Å². The van der Waals surface area contributed by atoms with Crippen LogP contribution in [0.5, 0.6) is 0 Å². The third-order valence-electron chi connectivity index (χ3n) is 3.25. The molecule has 0 aliphatic heterocycles. The van der Waals surface area contributed by atoms with Gasteiger partial charge in [0.25, 0.3) is 0 Å². The lowest BCUT2D eigenvalue weighted by atomic mass is 9.95. The smallest absolute Gasteiger partial charge is 0.0181 e. The topological polar surface area (TPSA) is 0 Å². The van der Waals surface area contributed by atoms with E-state index >= 15 is 0 Å². The Morgan fingerprint density at radius 1 is 0.833 bits per heavy atom. The molecule has 0 bridgehead atoms. The van der Waals surface area contributed by atoms with Crippen molar-refractivity contribution >= 4 is 26.7 Å². The summed E-state index contributed by atoms with van der Waals surface area (Å²) in [6.45, 7) is 2.17. The van der Waals surface area contributed by atoms with Crippen molar-refractivity contribution in [3.63, 3.8) is 0 Å². The predicted molar refractivity (Wildman–Crippen MR) is 81.8 cm³/mol. The number of rotatable bonds is 1. The molecule has 0 aromatic heterocycles. The van der Waals surface area contributed by atoms with E-state index in [0.717, 1.165) is 4.47 Å². The van der Waals surface area contributed by atoms with Crippen molar-refractivity contribution in [3.05, 3.63) is 70.7 Å². The third kappa shape index (κ3) is 1.95. The number of hydrogen-bond donors (Lipinski definition) is 0. The molecule has 18 heavy (non-hydrogen) atoms. The Kier molecular flexibility index (Phi) is 2.92. The van der Waals surface area contributed by atoms with Gasteiger partial charge in [0.05, 0.1) is 0 Å². The molecule has 3 aromatic rings. The molecular formula is C17H13Br. The Morgan fingerprint density at radius 2 is 1.56 bits per heavy atom. The largest absolute Gasteiger partial charge is 0.0614 e. The predicted octanol–water partition coefficient (Wildman–Crippen LogP) is 5.58. The highest BCUT2D eigenvalue weighted by atomic mass is 79.9. The first kappa shape index (κ1) is 11.5. The molecule has 0 aliphatic carbocycles.